The van der Waals surface area contributed by atoms with Crippen LogP contribution in [0.5, 0.6) is 0 Å². The van der Waals surface area contributed by atoms with Crippen LogP contribution in [0.1, 0.15) is 47.5 Å². The fourth-order valence-electron chi connectivity index (χ4n) is 2.72. The van der Waals surface area contributed by atoms with E-state index in [0.29, 0.717) is 17.0 Å². The Morgan fingerprint density at radius 3 is 2.50 bits per heavy atom. The monoisotopic (exact) mass is 280 g/mol. The van der Waals surface area contributed by atoms with Crippen molar-refractivity contribution in [1.29, 1.82) is 0 Å². The van der Waals surface area contributed by atoms with Gasteiger partial charge in [0.05, 0.1) is 12.8 Å². The first-order chi connectivity index (χ1) is 9.54. The van der Waals surface area contributed by atoms with Crippen LogP contribution in [0.4, 0.5) is 0 Å². The molecule has 0 aliphatic heterocycles. The Labute approximate surface area is 118 Å². The van der Waals surface area contributed by atoms with Gasteiger partial charge in [0, 0.05) is 6.04 Å². The Morgan fingerprint density at radius 2 is 2.00 bits per heavy atom. The molecule has 1 aliphatic rings. The zero-order valence-corrected chi connectivity index (χ0v) is 12.1. The van der Waals surface area contributed by atoms with Gasteiger partial charge in [0.15, 0.2) is 0 Å². The third kappa shape index (κ3) is 2.84. The van der Waals surface area contributed by atoms with Gasteiger partial charge in [0.2, 0.25) is 0 Å². The van der Waals surface area contributed by atoms with Crippen LogP contribution in [-0.2, 0) is 9.53 Å². The number of nitrogens with zero attached hydrogens (tertiary/aromatic N) is 2. The number of esters is 1. The zero-order valence-electron chi connectivity index (χ0n) is 12.1. The van der Waals surface area contributed by atoms with Gasteiger partial charge in [-0.1, -0.05) is 18.0 Å². The maximum Gasteiger partial charge on any atom is 0.325 e. The molecule has 1 saturated carbocycles. The van der Waals surface area contributed by atoms with E-state index in [4.69, 9.17) is 9.26 Å². The van der Waals surface area contributed by atoms with Crippen molar-refractivity contribution in [2.24, 2.45) is 0 Å². The second-order valence-electron chi connectivity index (χ2n) is 5.15. The fraction of sp³-hybridized carbons (Fsp3) is 0.643. The predicted octanol–water partition coefficient (Wildman–Crippen LogP) is 1.85. The Bertz CT molecular complexity index is 484. The quantitative estimate of drug-likeness (QED) is 0.787. The molecule has 110 valence electrons. The molecule has 20 heavy (non-hydrogen) atoms. The van der Waals surface area contributed by atoms with Crippen molar-refractivity contribution in [2.75, 3.05) is 13.7 Å². The lowest BCUT2D eigenvalue weighted by atomic mass is 10.1. The first-order valence-corrected chi connectivity index (χ1v) is 6.85. The predicted molar refractivity (Wildman–Crippen MR) is 71.3 cm³/mol. The zero-order chi connectivity index (χ0) is 14.7. The van der Waals surface area contributed by atoms with Gasteiger partial charge in [-0.2, -0.15) is 0 Å². The molecular formula is C14H20N2O4. The lowest BCUT2D eigenvalue weighted by Gasteiger charge is -2.27. The van der Waals surface area contributed by atoms with E-state index in [1.54, 1.807) is 18.7 Å². The minimum atomic E-state index is -0.406. The van der Waals surface area contributed by atoms with Crippen LogP contribution >= 0.6 is 0 Å². The van der Waals surface area contributed by atoms with Crippen LogP contribution in [0.3, 0.4) is 0 Å². The van der Waals surface area contributed by atoms with Gasteiger partial charge in [-0.3, -0.25) is 9.59 Å². The lowest BCUT2D eigenvalue weighted by Crippen LogP contribution is -2.43. The Balaban J connectivity index is 2.25. The molecule has 1 heterocycles. The van der Waals surface area contributed by atoms with E-state index >= 15 is 0 Å². The third-order valence-electron chi connectivity index (χ3n) is 3.80. The van der Waals surface area contributed by atoms with Crippen LogP contribution in [0, 0.1) is 13.8 Å². The summed E-state index contributed by atoms with van der Waals surface area (Å²) in [4.78, 5) is 25.9. The lowest BCUT2D eigenvalue weighted by molar-refractivity contribution is -0.141. The van der Waals surface area contributed by atoms with Crippen LogP contribution in [-0.4, -0.2) is 41.6 Å². The molecule has 0 radical (unpaired) electrons. The average Bonchev–Trinajstić information content (AvgIpc) is 3.05. The van der Waals surface area contributed by atoms with Crippen molar-refractivity contribution in [1.82, 2.24) is 10.1 Å². The average molecular weight is 280 g/mol. The van der Waals surface area contributed by atoms with E-state index in [1.165, 1.54) is 7.11 Å². The highest BCUT2D eigenvalue weighted by atomic mass is 16.5. The van der Waals surface area contributed by atoms with E-state index in [1.807, 2.05) is 0 Å². The molecular weight excluding hydrogens is 260 g/mol. The van der Waals surface area contributed by atoms with Gasteiger partial charge in [0.1, 0.15) is 17.9 Å². The van der Waals surface area contributed by atoms with E-state index in [0.717, 1.165) is 25.7 Å². The van der Waals surface area contributed by atoms with Gasteiger partial charge in [-0.05, 0) is 26.7 Å². The summed E-state index contributed by atoms with van der Waals surface area (Å²) in [5.41, 5.74) is 1.01. The highest BCUT2D eigenvalue weighted by Gasteiger charge is 2.32. The molecule has 0 bridgehead atoms. The summed E-state index contributed by atoms with van der Waals surface area (Å²) in [6, 6.07) is 0.0929. The molecule has 6 nitrogen and oxygen atoms in total. The molecule has 0 saturated heterocycles. The van der Waals surface area contributed by atoms with Gasteiger partial charge in [-0.25, -0.2) is 0 Å². The summed E-state index contributed by atoms with van der Waals surface area (Å²) in [6.45, 7) is 3.41. The van der Waals surface area contributed by atoms with Crippen molar-refractivity contribution < 1.29 is 18.8 Å². The standard InChI is InChI=1S/C14H20N2O4/c1-9-13(10(2)20-15-9)14(18)16(8-12(17)19-3)11-6-4-5-7-11/h11H,4-8H2,1-3H3. The molecule has 0 atom stereocenters. The van der Waals surface area contributed by atoms with Crippen LogP contribution in [0.2, 0.25) is 0 Å². The van der Waals surface area contributed by atoms with E-state index in [9.17, 15) is 9.59 Å². The van der Waals surface area contributed by atoms with Gasteiger partial charge in [0.25, 0.3) is 5.91 Å². The third-order valence-corrected chi connectivity index (χ3v) is 3.80. The molecule has 0 aromatic carbocycles. The highest BCUT2D eigenvalue weighted by Crippen LogP contribution is 2.26. The van der Waals surface area contributed by atoms with Crippen LogP contribution in [0.25, 0.3) is 0 Å². The van der Waals surface area contributed by atoms with Gasteiger partial charge < -0.3 is 14.2 Å². The SMILES string of the molecule is COC(=O)CN(C(=O)c1c(C)noc1C)C1CCCC1. The molecule has 1 aromatic heterocycles. The summed E-state index contributed by atoms with van der Waals surface area (Å²) in [6.07, 6.45) is 4.01. The summed E-state index contributed by atoms with van der Waals surface area (Å²) < 4.78 is 9.74. The fourth-order valence-corrected chi connectivity index (χ4v) is 2.72. The van der Waals surface area contributed by atoms with Gasteiger partial charge in [-0.15, -0.1) is 0 Å². The number of hydrogen-bond donors (Lipinski definition) is 0. The molecule has 0 unspecified atom stereocenters. The second-order valence-corrected chi connectivity index (χ2v) is 5.15. The summed E-state index contributed by atoms with van der Waals surface area (Å²) in [5.74, 6) is -0.115. The summed E-state index contributed by atoms with van der Waals surface area (Å²) in [7, 11) is 1.33. The molecule has 1 amide bonds. The number of carbonyl (C=O) groups excluding carboxylic acids is 2. The summed E-state index contributed by atoms with van der Waals surface area (Å²) >= 11 is 0. The Kier molecular flexibility index (Phi) is 4.42. The number of aryl methyl sites for hydroxylation is 2. The van der Waals surface area contributed by atoms with Crippen LogP contribution < -0.4 is 0 Å². The first kappa shape index (κ1) is 14.6. The molecule has 0 spiro atoms. The molecule has 1 aromatic rings. The number of ether oxygens (including phenoxy) is 1. The minimum absolute atomic E-state index is 0.0237. The maximum absolute atomic E-state index is 12.7. The highest BCUT2D eigenvalue weighted by molar-refractivity contribution is 5.97. The van der Waals surface area contributed by atoms with Gasteiger partial charge >= 0.3 is 5.97 Å². The molecule has 0 N–H and O–H groups in total. The molecule has 1 aliphatic carbocycles. The van der Waals surface area contributed by atoms with Crippen molar-refractivity contribution in [3.05, 3.63) is 17.0 Å². The van der Waals surface area contributed by atoms with E-state index in [-0.39, 0.29) is 18.5 Å². The molecule has 1 fully saturated rings. The number of hydrogen-bond acceptors (Lipinski definition) is 5. The smallest absolute Gasteiger partial charge is 0.325 e. The van der Waals surface area contributed by atoms with Crippen molar-refractivity contribution in [3.63, 3.8) is 0 Å². The number of amides is 1. The number of aromatic nitrogens is 1. The number of rotatable bonds is 4. The van der Waals surface area contributed by atoms with Crippen molar-refractivity contribution >= 4 is 11.9 Å². The topological polar surface area (TPSA) is 72.6 Å². The minimum Gasteiger partial charge on any atom is -0.468 e. The number of carbonyl (C=O) groups is 2. The maximum atomic E-state index is 12.7. The Hall–Kier alpha value is -1.85. The molecule has 2 rings (SSSR count). The van der Waals surface area contributed by atoms with Crippen molar-refractivity contribution in [2.45, 2.75) is 45.6 Å². The van der Waals surface area contributed by atoms with E-state index in [2.05, 4.69) is 5.16 Å². The largest absolute Gasteiger partial charge is 0.468 e. The first-order valence-electron chi connectivity index (χ1n) is 6.85. The molecule has 6 heteroatoms. The second kappa shape index (κ2) is 6.07. The number of methoxy groups -OCH3 is 1. The van der Waals surface area contributed by atoms with Crippen molar-refractivity contribution in [3.8, 4) is 0 Å². The van der Waals surface area contributed by atoms with E-state index < -0.39 is 5.97 Å². The Morgan fingerprint density at radius 1 is 1.35 bits per heavy atom. The normalized spacial score (nSPS) is 15.3. The van der Waals surface area contributed by atoms with Crippen LogP contribution in [0.15, 0.2) is 4.52 Å². The summed E-state index contributed by atoms with van der Waals surface area (Å²) in [5, 5.41) is 3.81.